The minimum atomic E-state index is -4.81. The summed E-state index contributed by atoms with van der Waals surface area (Å²) < 4.78 is 62.8. The van der Waals surface area contributed by atoms with Crippen molar-refractivity contribution >= 4 is 21.4 Å². The molecule has 0 aromatic heterocycles. The number of anilines is 1. The summed E-state index contributed by atoms with van der Waals surface area (Å²) in [5.41, 5.74) is 0.191. The van der Waals surface area contributed by atoms with E-state index in [1.165, 1.54) is 12.1 Å². The number of alkyl halides is 3. The van der Waals surface area contributed by atoms with Crippen molar-refractivity contribution in [2.24, 2.45) is 0 Å². The quantitative estimate of drug-likeness (QED) is 0.847. The molecule has 2 N–H and O–H groups in total. The molecule has 1 aromatic carbocycles. The molecule has 0 saturated carbocycles. The number of halogens is 3. The van der Waals surface area contributed by atoms with Crippen LogP contribution < -0.4 is 15.4 Å². The Morgan fingerprint density at radius 2 is 1.75 bits per heavy atom. The normalized spacial score (nSPS) is 18.0. The third-order valence-corrected chi connectivity index (χ3v) is 5.89. The van der Waals surface area contributed by atoms with Crippen LogP contribution in [0.1, 0.15) is 12.8 Å². The van der Waals surface area contributed by atoms with Crippen LogP contribution in [0.5, 0.6) is 5.75 Å². The smallest absolute Gasteiger partial charge is 0.406 e. The van der Waals surface area contributed by atoms with Crippen molar-refractivity contribution in [1.29, 1.82) is 0 Å². The molecule has 0 bridgehead atoms. The van der Waals surface area contributed by atoms with Gasteiger partial charge < -0.3 is 15.4 Å². The summed E-state index contributed by atoms with van der Waals surface area (Å²) in [6.07, 6.45) is -3.53. The van der Waals surface area contributed by atoms with Crippen LogP contribution in [0.15, 0.2) is 24.3 Å². The lowest BCUT2D eigenvalue weighted by Gasteiger charge is -2.34. The summed E-state index contributed by atoms with van der Waals surface area (Å²) in [5, 5.41) is 5.46. The van der Waals surface area contributed by atoms with Crippen LogP contribution in [0.3, 0.4) is 0 Å². The molecule has 6 nitrogen and oxygen atoms in total. The summed E-state index contributed by atoms with van der Waals surface area (Å²) in [6, 6.07) is 4.52. The second-order valence-corrected chi connectivity index (χ2v) is 7.87. The fraction of sp³-hybridized carbons (Fsp3) is 0.500. The van der Waals surface area contributed by atoms with E-state index in [-0.39, 0.29) is 18.5 Å². The molecular weight excluding hydrogens is 349 g/mol. The molecule has 24 heavy (non-hydrogen) atoms. The zero-order chi connectivity index (χ0) is 18.0. The Morgan fingerprint density at radius 3 is 2.21 bits per heavy atom. The number of nitrogens with one attached hydrogen (secondary N) is 2. The molecule has 1 fully saturated rings. The zero-order valence-electron chi connectivity index (χ0n) is 12.8. The minimum absolute atomic E-state index is 0.132. The monoisotopic (exact) mass is 366 g/mol. The number of benzene rings is 1. The van der Waals surface area contributed by atoms with Crippen molar-refractivity contribution < 1.29 is 31.1 Å². The van der Waals surface area contributed by atoms with E-state index in [1.54, 1.807) is 0 Å². The molecule has 1 aliphatic rings. The van der Waals surface area contributed by atoms with E-state index in [0.717, 1.165) is 18.4 Å². The van der Waals surface area contributed by atoms with E-state index in [2.05, 4.69) is 15.4 Å². The molecule has 1 aromatic rings. The van der Waals surface area contributed by atoms with Gasteiger partial charge in [0.15, 0.2) is 14.6 Å². The predicted octanol–water partition coefficient (Wildman–Crippen LogP) is 1.69. The summed E-state index contributed by atoms with van der Waals surface area (Å²) in [4.78, 5) is 12.5. The Balaban J connectivity index is 2.16. The van der Waals surface area contributed by atoms with Crippen molar-refractivity contribution in [2.45, 2.75) is 24.0 Å². The Hall–Kier alpha value is -1.81. The van der Waals surface area contributed by atoms with Gasteiger partial charge in [-0.25, -0.2) is 8.42 Å². The largest absolute Gasteiger partial charge is 0.573 e. The van der Waals surface area contributed by atoms with E-state index in [4.69, 9.17) is 0 Å². The number of carbonyl (C=O) groups excluding carboxylic acids is 1. The van der Waals surface area contributed by atoms with Crippen LogP contribution in [0.2, 0.25) is 0 Å². The summed E-state index contributed by atoms with van der Waals surface area (Å²) in [5.74, 6) is -1.11. The Kier molecular flexibility index (Phi) is 5.09. The maximum atomic E-state index is 12.5. The van der Waals surface area contributed by atoms with Crippen molar-refractivity contribution in [1.82, 2.24) is 5.32 Å². The number of piperidine rings is 1. The SMILES string of the molecule is CS(=O)(=O)C1(C(=O)Nc2ccc(OC(F)(F)F)cc2)CCNCC1. The van der Waals surface area contributed by atoms with Gasteiger partial charge in [-0.3, -0.25) is 4.79 Å². The molecule has 1 aliphatic heterocycles. The van der Waals surface area contributed by atoms with Crippen LogP contribution in [0.4, 0.5) is 18.9 Å². The molecule has 0 spiro atoms. The van der Waals surface area contributed by atoms with E-state index in [9.17, 15) is 26.4 Å². The molecule has 134 valence electrons. The lowest BCUT2D eigenvalue weighted by Crippen LogP contribution is -2.55. The van der Waals surface area contributed by atoms with Gasteiger partial charge in [0.1, 0.15) is 5.75 Å². The van der Waals surface area contributed by atoms with Crippen LogP contribution in [-0.2, 0) is 14.6 Å². The van der Waals surface area contributed by atoms with Gasteiger partial charge in [0.2, 0.25) is 5.91 Å². The van der Waals surface area contributed by atoms with Gasteiger partial charge in [0.05, 0.1) is 0 Å². The van der Waals surface area contributed by atoms with Gasteiger partial charge in [-0.05, 0) is 50.2 Å². The van der Waals surface area contributed by atoms with Crippen molar-refractivity contribution in [3.8, 4) is 5.75 Å². The second kappa shape index (κ2) is 6.60. The van der Waals surface area contributed by atoms with Gasteiger partial charge >= 0.3 is 6.36 Å². The van der Waals surface area contributed by atoms with Crippen LogP contribution in [0, 0.1) is 0 Å². The Bertz CT molecular complexity index is 696. The summed E-state index contributed by atoms with van der Waals surface area (Å²) >= 11 is 0. The van der Waals surface area contributed by atoms with Crippen molar-refractivity contribution in [3.63, 3.8) is 0 Å². The molecule has 1 saturated heterocycles. The lowest BCUT2D eigenvalue weighted by atomic mass is 9.95. The highest BCUT2D eigenvalue weighted by atomic mass is 32.2. The van der Waals surface area contributed by atoms with Gasteiger partial charge in [0, 0.05) is 11.9 Å². The highest BCUT2D eigenvalue weighted by Gasteiger charge is 2.48. The number of rotatable bonds is 4. The predicted molar refractivity (Wildman–Crippen MR) is 81.4 cm³/mol. The zero-order valence-corrected chi connectivity index (χ0v) is 13.6. The molecule has 0 atom stereocenters. The van der Waals surface area contributed by atoms with E-state index in [1.807, 2.05) is 0 Å². The van der Waals surface area contributed by atoms with Crippen molar-refractivity contribution in [2.75, 3.05) is 24.7 Å². The number of ether oxygens (including phenoxy) is 1. The maximum absolute atomic E-state index is 12.5. The lowest BCUT2D eigenvalue weighted by molar-refractivity contribution is -0.274. The second-order valence-electron chi connectivity index (χ2n) is 5.54. The van der Waals surface area contributed by atoms with Gasteiger partial charge in [0.25, 0.3) is 0 Å². The first-order valence-electron chi connectivity index (χ1n) is 7.11. The molecule has 10 heteroatoms. The van der Waals surface area contributed by atoms with E-state index in [0.29, 0.717) is 13.1 Å². The fourth-order valence-electron chi connectivity index (χ4n) is 2.58. The number of sulfone groups is 1. The number of amides is 1. The van der Waals surface area contributed by atoms with Crippen LogP contribution in [0.25, 0.3) is 0 Å². The Morgan fingerprint density at radius 1 is 1.21 bits per heavy atom. The molecule has 1 heterocycles. The molecule has 0 aliphatic carbocycles. The topological polar surface area (TPSA) is 84.5 Å². The first-order chi connectivity index (χ1) is 11.0. The molecule has 0 radical (unpaired) electrons. The number of carbonyl (C=O) groups is 1. The standard InChI is InChI=1S/C14H17F3N2O4S/c1-24(21,22)13(6-8-18-9-7-13)12(20)19-10-2-4-11(5-3-10)23-14(15,16)17/h2-5,18H,6-9H2,1H3,(H,19,20). The molecular formula is C14H17F3N2O4S. The number of hydrogen-bond donors (Lipinski definition) is 2. The first kappa shape index (κ1) is 18.5. The van der Waals surface area contributed by atoms with Gasteiger partial charge in [-0.15, -0.1) is 13.2 Å². The van der Waals surface area contributed by atoms with E-state index >= 15 is 0 Å². The Labute approximate surface area is 137 Å². The molecule has 2 rings (SSSR count). The third-order valence-electron chi connectivity index (χ3n) is 3.88. The first-order valence-corrected chi connectivity index (χ1v) is 9.00. The maximum Gasteiger partial charge on any atom is 0.573 e. The molecule has 1 amide bonds. The van der Waals surface area contributed by atoms with Gasteiger partial charge in [-0.2, -0.15) is 0 Å². The van der Waals surface area contributed by atoms with Crippen molar-refractivity contribution in [3.05, 3.63) is 24.3 Å². The molecule has 0 unspecified atom stereocenters. The third kappa shape index (κ3) is 4.18. The summed E-state index contributed by atoms with van der Waals surface area (Å²) in [7, 11) is -3.66. The highest BCUT2D eigenvalue weighted by molar-refractivity contribution is 7.92. The van der Waals surface area contributed by atoms with Crippen LogP contribution >= 0.6 is 0 Å². The average molecular weight is 366 g/mol. The highest BCUT2D eigenvalue weighted by Crippen LogP contribution is 2.30. The minimum Gasteiger partial charge on any atom is -0.406 e. The number of hydrogen-bond acceptors (Lipinski definition) is 5. The van der Waals surface area contributed by atoms with E-state index < -0.39 is 32.6 Å². The fourth-order valence-corrected chi connectivity index (χ4v) is 3.92. The van der Waals surface area contributed by atoms with Gasteiger partial charge in [-0.1, -0.05) is 0 Å². The van der Waals surface area contributed by atoms with Crippen LogP contribution in [-0.4, -0.2) is 44.8 Å². The summed E-state index contributed by atoms with van der Waals surface area (Å²) in [6.45, 7) is 0.775. The average Bonchev–Trinajstić information content (AvgIpc) is 2.47.